The summed E-state index contributed by atoms with van der Waals surface area (Å²) in [6.45, 7) is 2.43. The van der Waals surface area contributed by atoms with Crippen molar-refractivity contribution in [1.82, 2.24) is 5.32 Å². The number of rotatable bonds is 8. The van der Waals surface area contributed by atoms with Gasteiger partial charge in [0.25, 0.3) is 0 Å². The summed E-state index contributed by atoms with van der Waals surface area (Å²) in [5.41, 5.74) is 1.80. The van der Waals surface area contributed by atoms with Gasteiger partial charge in [-0.05, 0) is 43.2 Å². The van der Waals surface area contributed by atoms with Crippen molar-refractivity contribution in [3.63, 3.8) is 0 Å². The van der Waals surface area contributed by atoms with Crippen molar-refractivity contribution in [3.05, 3.63) is 87.6 Å². The summed E-state index contributed by atoms with van der Waals surface area (Å²) in [7, 11) is 1.64. The van der Waals surface area contributed by atoms with E-state index in [-0.39, 0.29) is 17.6 Å². The first-order chi connectivity index (χ1) is 13.6. The van der Waals surface area contributed by atoms with Gasteiger partial charge in [-0.1, -0.05) is 42.5 Å². The van der Waals surface area contributed by atoms with Gasteiger partial charge in [-0.3, -0.25) is 9.59 Å². The fourth-order valence-corrected chi connectivity index (χ4v) is 3.86. The Hall–Kier alpha value is -2.92. The quantitative estimate of drug-likeness (QED) is 0.575. The SMILES string of the molecule is COc1ccc(CCNC(=O)C(C)c2ccc(C(=O)c3ccccc3)s2)cc1. The second-order valence-electron chi connectivity index (χ2n) is 6.51. The second kappa shape index (κ2) is 9.33. The number of hydrogen-bond acceptors (Lipinski definition) is 4. The molecule has 1 atom stereocenters. The number of methoxy groups -OCH3 is 1. The molecule has 0 radical (unpaired) electrons. The molecule has 2 aromatic carbocycles. The number of nitrogens with one attached hydrogen (secondary N) is 1. The lowest BCUT2D eigenvalue weighted by atomic mass is 10.1. The summed E-state index contributed by atoms with van der Waals surface area (Å²) in [6, 6.07) is 20.7. The van der Waals surface area contributed by atoms with E-state index in [1.807, 2.05) is 55.5 Å². The molecule has 0 fully saturated rings. The van der Waals surface area contributed by atoms with Crippen molar-refractivity contribution in [2.75, 3.05) is 13.7 Å². The number of ether oxygens (including phenoxy) is 1. The van der Waals surface area contributed by atoms with Crippen molar-refractivity contribution < 1.29 is 14.3 Å². The Kier molecular flexibility index (Phi) is 6.61. The molecule has 5 heteroatoms. The number of benzene rings is 2. The van der Waals surface area contributed by atoms with Gasteiger partial charge in [-0.25, -0.2) is 0 Å². The summed E-state index contributed by atoms with van der Waals surface area (Å²) in [6.07, 6.45) is 0.755. The van der Waals surface area contributed by atoms with Crippen LogP contribution in [0, 0.1) is 0 Å². The smallest absolute Gasteiger partial charge is 0.228 e. The van der Waals surface area contributed by atoms with Gasteiger partial charge in [0.05, 0.1) is 17.9 Å². The van der Waals surface area contributed by atoms with Crippen LogP contribution in [0.1, 0.15) is 38.5 Å². The molecular weight excluding hydrogens is 370 g/mol. The molecule has 144 valence electrons. The molecule has 1 heterocycles. The number of thiophene rings is 1. The van der Waals surface area contributed by atoms with Gasteiger partial charge in [-0.2, -0.15) is 0 Å². The molecule has 4 nitrogen and oxygen atoms in total. The fourth-order valence-electron chi connectivity index (χ4n) is 2.84. The highest BCUT2D eigenvalue weighted by Gasteiger charge is 2.19. The molecule has 3 rings (SSSR count). The minimum Gasteiger partial charge on any atom is -0.497 e. The van der Waals surface area contributed by atoms with Crippen LogP contribution in [0.25, 0.3) is 0 Å². The Labute approximate surface area is 169 Å². The molecule has 0 bridgehead atoms. The third kappa shape index (κ3) is 4.87. The molecule has 1 amide bonds. The molecular formula is C23H23NO3S. The van der Waals surface area contributed by atoms with E-state index in [0.717, 1.165) is 22.6 Å². The summed E-state index contributed by atoms with van der Waals surface area (Å²) >= 11 is 1.38. The maximum atomic E-state index is 12.5. The first kappa shape index (κ1) is 19.8. The van der Waals surface area contributed by atoms with Gasteiger partial charge in [0.15, 0.2) is 0 Å². The number of hydrogen-bond donors (Lipinski definition) is 1. The highest BCUT2D eigenvalue weighted by molar-refractivity contribution is 7.14. The number of carbonyl (C=O) groups is 2. The van der Waals surface area contributed by atoms with Gasteiger partial charge in [0.1, 0.15) is 5.75 Å². The molecule has 0 aliphatic heterocycles. The van der Waals surface area contributed by atoms with E-state index in [9.17, 15) is 9.59 Å². The normalized spacial score (nSPS) is 11.6. The van der Waals surface area contributed by atoms with E-state index in [1.54, 1.807) is 25.3 Å². The van der Waals surface area contributed by atoms with Crippen LogP contribution in [-0.2, 0) is 11.2 Å². The highest BCUT2D eigenvalue weighted by Crippen LogP contribution is 2.26. The zero-order valence-corrected chi connectivity index (χ0v) is 16.8. The van der Waals surface area contributed by atoms with Crippen LogP contribution in [0.15, 0.2) is 66.7 Å². The van der Waals surface area contributed by atoms with Crippen molar-refractivity contribution in [2.45, 2.75) is 19.3 Å². The first-order valence-electron chi connectivity index (χ1n) is 9.18. The standard InChI is InChI=1S/C23H23NO3S/c1-16(23(26)24-15-14-17-8-10-19(27-2)11-9-17)20-12-13-21(28-20)22(25)18-6-4-3-5-7-18/h3-13,16H,14-15H2,1-2H3,(H,24,26). The van der Waals surface area contributed by atoms with Gasteiger partial charge < -0.3 is 10.1 Å². The van der Waals surface area contributed by atoms with Crippen molar-refractivity contribution in [3.8, 4) is 5.75 Å². The van der Waals surface area contributed by atoms with E-state index in [0.29, 0.717) is 17.0 Å². The maximum Gasteiger partial charge on any atom is 0.228 e. The lowest BCUT2D eigenvalue weighted by Gasteiger charge is -2.11. The largest absolute Gasteiger partial charge is 0.497 e. The van der Waals surface area contributed by atoms with Crippen molar-refractivity contribution in [1.29, 1.82) is 0 Å². The molecule has 0 aliphatic carbocycles. The number of ketones is 1. The molecule has 1 unspecified atom stereocenters. The molecule has 0 saturated heterocycles. The van der Waals surface area contributed by atoms with E-state index in [4.69, 9.17) is 4.74 Å². The lowest BCUT2D eigenvalue weighted by molar-refractivity contribution is -0.122. The Morgan fingerprint density at radius 2 is 1.71 bits per heavy atom. The van der Waals surface area contributed by atoms with Crippen LogP contribution in [-0.4, -0.2) is 25.3 Å². The minimum atomic E-state index is -0.293. The van der Waals surface area contributed by atoms with Crippen molar-refractivity contribution in [2.24, 2.45) is 0 Å². The molecule has 3 aromatic rings. The van der Waals surface area contributed by atoms with E-state index < -0.39 is 0 Å². The Morgan fingerprint density at radius 1 is 1.00 bits per heavy atom. The monoisotopic (exact) mass is 393 g/mol. The molecule has 0 spiro atoms. The van der Waals surface area contributed by atoms with E-state index in [2.05, 4.69) is 5.32 Å². The molecule has 1 aromatic heterocycles. The third-order valence-corrected chi connectivity index (χ3v) is 5.85. The highest BCUT2D eigenvalue weighted by atomic mass is 32.1. The summed E-state index contributed by atoms with van der Waals surface area (Å²) in [5.74, 6) is 0.483. The summed E-state index contributed by atoms with van der Waals surface area (Å²) in [5, 5.41) is 2.98. The molecule has 0 saturated carbocycles. The maximum absolute atomic E-state index is 12.5. The lowest BCUT2D eigenvalue weighted by Crippen LogP contribution is -2.29. The molecule has 28 heavy (non-hydrogen) atoms. The van der Waals surface area contributed by atoms with Gasteiger partial charge in [-0.15, -0.1) is 11.3 Å². The predicted octanol–water partition coefficient (Wildman–Crippen LogP) is 4.45. The van der Waals surface area contributed by atoms with Crippen LogP contribution >= 0.6 is 11.3 Å². The van der Waals surface area contributed by atoms with Crippen LogP contribution in [0.5, 0.6) is 5.75 Å². The average Bonchev–Trinajstić information content (AvgIpc) is 3.24. The summed E-state index contributed by atoms with van der Waals surface area (Å²) in [4.78, 5) is 26.5. The van der Waals surface area contributed by atoms with Crippen molar-refractivity contribution >= 4 is 23.0 Å². The van der Waals surface area contributed by atoms with Crippen LogP contribution < -0.4 is 10.1 Å². The minimum absolute atomic E-state index is 0.0102. The Morgan fingerprint density at radius 3 is 2.39 bits per heavy atom. The predicted molar refractivity (Wildman–Crippen MR) is 112 cm³/mol. The molecule has 0 aliphatic rings. The van der Waals surface area contributed by atoms with E-state index in [1.165, 1.54) is 11.3 Å². The second-order valence-corrected chi connectivity index (χ2v) is 7.62. The topological polar surface area (TPSA) is 55.4 Å². The average molecular weight is 394 g/mol. The zero-order valence-electron chi connectivity index (χ0n) is 16.0. The van der Waals surface area contributed by atoms with E-state index >= 15 is 0 Å². The van der Waals surface area contributed by atoms with Gasteiger partial charge in [0, 0.05) is 17.0 Å². The zero-order chi connectivity index (χ0) is 19.9. The molecule has 1 N–H and O–H groups in total. The van der Waals surface area contributed by atoms with Crippen LogP contribution in [0.3, 0.4) is 0 Å². The Balaban J connectivity index is 1.54. The number of amides is 1. The fraction of sp³-hybridized carbons (Fsp3) is 0.217. The summed E-state index contributed by atoms with van der Waals surface area (Å²) < 4.78 is 5.15. The van der Waals surface area contributed by atoms with Crippen LogP contribution in [0.2, 0.25) is 0 Å². The van der Waals surface area contributed by atoms with Gasteiger partial charge >= 0.3 is 0 Å². The van der Waals surface area contributed by atoms with Crippen LogP contribution in [0.4, 0.5) is 0 Å². The first-order valence-corrected chi connectivity index (χ1v) is 10.00. The Bertz CT molecular complexity index is 932. The number of carbonyl (C=O) groups excluding carboxylic acids is 2. The van der Waals surface area contributed by atoms with Gasteiger partial charge in [0.2, 0.25) is 11.7 Å². The third-order valence-electron chi connectivity index (χ3n) is 4.58.